The third kappa shape index (κ3) is 4.79. The van der Waals surface area contributed by atoms with Crippen LogP contribution in [0.5, 0.6) is 0 Å². The predicted octanol–water partition coefficient (Wildman–Crippen LogP) is -1.56. The Morgan fingerprint density at radius 1 is 1.53 bits per heavy atom. The molecule has 0 spiro atoms. The summed E-state index contributed by atoms with van der Waals surface area (Å²) in [7, 11) is 3.98. The molecule has 2 atom stereocenters. The van der Waals surface area contributed by atoms with E-state index in [1.54, 1.807) is 5.01 Å². The molecular formula is C10H21N4O4S-. The normalized spacial score (nSPS) is 21.8. The fourth-order valence-electron chi connectivity index (χ4n) is 2.11. The van der Waals surface area contributed by atoms with E-state index in [4.69, 9.17) is 10.8 Å². The average molecular weight is 293 g/mol. The van der Waals surface area contributed by atoms with E-state index >= 15 is 0 Å². The molecule has 9 heteroatoms. The maximum atomic E-state index is 11.2. The molecule has 1 rings (SSSR count). The van der Waals surface area contributed by atoms with E-state index in [0.29, 0.717) is 19.1 Å². The highest BCUT2D eigenvalue weighted by atomic mass is 32.2. The molecule has 0 bridgehead atoms. The monoisotopic (exact) mass is 293 g/mol. The Morgan fingerprint density at radius 3 is 2.42 bits per heavy atom. The Morgan fingerprint density at radius 2 is 2.05 bits per heavy atom. The van der Waals surface area contributed by atoms with Gasteiger partial charge in [0.05, 0.1) is 6.54 Å². The molecule has 19 heavy (non-hydrogen) atoms. The summed E-state index contributed by atoms with van der Waals surface area (Å²) in [4.78, 5) is 12.8. The van der Waals surface area contributed by atoms with Gasteiger partial charge in [0.25, 0.3) is 0 Å². The molecule has 1 heterocycles. The van der Waals surface area contributed by atoms with Crippen LogP contribution in [0.1, 0.15) is 12.8 Å². The zero-order chi connectivity index (χ0) is 14.6. The Labute approximate surface area is 115 Å². The van der Waals surface area contributed by atoms with Crippen molar-refractivity contribution in [1.29, 1.82) is 0 Å². The molecule has 1 saturated heterocycles. The number of carboxylic acids is 1. The lowest BCUT2D eigenvalue weighted by molar-refractivity contribution is -0.139. The lowest BCUT2D eigenvalue weighted by Crippen LogP contribution is -2.55. The van der Waals surface area contributed by atoms with Crippen molar-refractivity contribution in [3.63, 3.8) is 0 Å². The molecule has 0 aliphatic carbocycles. The van der Waals surface area contributed by atoms with Crippen LogP contribution in [0.25, 0.3) is 0 Å². The number of aliphatic carboxylic acids is 1. The van der Waals surface area contributed by atoms with Gasteiger partial charge in [-0.1, -0.05) is 0 Å². The minimum atomic E-state index is -2.51. The number of hydrogen-bond donors (Lipinski definition) is 2. The van der Waals surface area contributed by atoms with Crippen molar-refractivity contribution in [3.05, 3.63) is 0 Å². The van der Waals surface area contributed by atoms with E-state index in [1.165, 1.54) is 0 Å². The predicted molar refractivity (Wildman–Crippen MR) is 69.5 cm³/mol. The van der Waals surface area contributed by atoms with Gasteiger partial charge < -0.3 is 20.3 Å². The molecular weight excluding hydrogens is 272 g/mol. The maximum absolute atomic E-state index is 11.2. The van der Waals surface area contributed by atoms with Gasteiger partial charge in [-0.05, 0) is 26.9 Å². The van der Waals surface area contributed by atoms with Gasteiger partial charge in [0, 0.05) is 30.4 Å². The van der Waals surface area contributed by atoms with Gasteiger partial charge in [0.1, 0.15) is 6.04 Å². The first kappa shape index (κ1) is 16.5. The summed E-state index contributed by atoms with van der Waals surface area (Å²) in [5.41, 5.74) is 5.39. The Hall–Kier alpha value is -0.580. The van der Waals surface area contributed by atoms with Crippen molar-refractivity contribution in [2.45, 2.75) is 24.9 Å². The zero-order valence-electron chi connectivity index (χ0n) is 11.2. The van der Waals surface area contributed by atoms with Crippen molar-refractivity contribution in [3.8, 4) is 0 Å². The second-order valence-corrected chi connectivity index (χ2v) is 5.70. The van der Waals surface area contributed by atoms with E-state index in [9.17, 15) is 13.6 Å². The highest BCUT2D eigenvalue weighted by molar-refractivity contribution is 7.76. The molecule has 1 aliphatic rings. The standard InChI is InChI=1S/C10H22N4O4S/c1-12(2)8-3-5-13(6-4-8)14(19(17)18)7-9(11)10(15)16/h8-9H,3-7,11H2,1-2H3,(H,15,16)(H,17,18)/p-1. The molecule has 3 N–H and O–H groups in total. The summed E-state index contributed by atoms with van der Waals surface area (Å²) < 4.78 is 23.4. The summed E-state index contributed by atoms with van der Waals surface area (Å²) in [6, 6.07) is -0.796. The molecule has 0 saturated carbocycles. The van der Waals surface area contributed by atoms with Crippen molar-refractivity contribution >= 4 is 17.2 Å². The van der Waals surface area contributed by atoms with Crippen molar-refractivity contribution < 1.29 is 18.7 Å². The molecule has 112 valence electrons. The minimum absolute atomic E-state index is 0.238. The topological polar surface area (TPSA) is 113 Å². The van der Waals surface area contributed by atoms with Gasteiger partial charge in [-0.3, -0.25) is 9.00 Å². The number of hydrazine groups is 1. The van der Waals surface area contributed by atoms with Crippen LogP contribution in [0.3, 0.4) is 0 Å². The van der Waals surface area contributed by atoms with Crippen molar-refractivity contribution in [2.75, 3.05) is 33.7 Å². The Bertz CT molecular complexity index is 333. The number of carbonyl (C=O) groups is 1. The van der Waals surface area contributed by atoms with E-state index in [0.717, 1.165) is 17.3 Å². The van der Waals surface area contributed by atoms with Gasteiger partial charge in [-0.25, -0.2) is 5.01 Å². The third-order valence-electron chi connectivity index (χ3n) is 3.33. The zero-order valence-corrected chi connectivity index (χ0v) is 12.0. The highest BCUT2D eigenvalue weighted by Crippen LogP contribution is 2.16. The largest absolute Gasteiger partial charge is 0.759 e. The smallest absolute Gasteiger partial charge is 0.321 e. The first-order valence-corrected chi connectivity index (χ1v) is 7.12. The van der Waals surface area contributed by atoms with Crippen LogP contribution >= 0.6 is 0 Å². The number of carboxylic acid groups (broad SMARTS) is 1. The summed E-state index contributed by atoms with van der Waals surface area (Å²) in [5.74, 6) is -1.21. The number of hydrogen-bond acceptors (Lipinski definition) is 6. The van der Waals surface area contributed by atoms with Crippen LogP contribution in [-0.4, -0.2) is 80.0 Å². The van der Waals surface area contributed by atoms with Gasteiger partial charge in [-0.15, -0.1) is 0 Å². The average Bonchev–Trinajstić information content (AvgIpc) is 2.35. The molecule has 0 amide bonds. The summed E-state index contributed by atoms with van der Waals surface area (Å²) in [5, 5.41) is 10.4. The fraction of sp³-hybridized carbons (Fsp3) is 0.900. The Kier molecular flexibility index (Phi) is 6.30. The van der Waals surface area contributed by atoms with Crippen LogP contribution in [0, 0.1) is 0 Å². The first-order chi connectivity index (χ1) is 8.82. The molecule has 8 nitrogen and oxygen atoms in total. The molecule has 0 aromatic carbocycles. The van der Waals surface area contributed by atoms with Gasteiger partial charge in [-0.2, -0.15) is 4.41 Å². The van der Waals surface area contributed by atoms with E-state index < -0.39 is 23.3 Å². The Balaban J connectivity index is 2.59. The van der Waals surface area contributed by atoms with Gasteiger partial charge >= 0.3 is 5.97 Å². The van der Waals surface area contributed by atoms with Crippen LogP contribution in [0.15, 0.2) is 0 Å². The number of nitrogens with zero attached hydrogens (tertiary/aromatic N) is 3. The van der Waals surface area contributed by atoms with Crippen LogP contribution in [0.2, 0.25) is 0 Å². The second-order valence-electron chi connectivity index (χ2n) is 4.85. The number of nitrogens with two attached hydrogens (primary N) is 1. The van der Waals surface area contributed by atoms with Crippen LogP contribution in [0.4, 0.5) is 0 Å². The molecule has 0 aromatic heterocycles. The summed E-state index contributed by atoms with van der Waals surface area (Å²) >= 11 is -2.51. The van der Waals surface area contributed by atoms with Crippen LogP contribution in [-0.2, 0) is 16.1 Å². The molecule has 1 fully saturated rings. The molecule has 2 unspecified atom stereocenters. The highest BCUT2D eigenvalue weighted by Gasteiger charge is 2.27. The number of rotatable bonds is 6. The minimum Gasteiger partial charge on any atom is -0.759 e. The van der Waals surface area contributed by atoms with Gasteiger partial charge in [0.15, 0.2) is 0 Å². The van der Waals surface area contributed by atoms with E-state index in [-0.39, 0.29) is 6.54 Å². The van der Waals surface area contributed by atoms with E-state index in [2.05, 4.69) is 4.90 Å². The molecule has 0 aromatic rings. The molecule has 0 radical (unpaired) electrons. The second kappa shape index (κ2) is 7.27. The van der Waals surface area contributed by atoms with Crippen molar-refractivity contribution in [2.24, 2.45) is 5.73 Å². The SMILES string of the molecule is CN(C)C1CCN(N(CC(N)C(=O)O)S(=O)[O-])CC1. The van der Waals surface area contributed by atoms with E-state index in [1.807, 2.05) is 14.1 Å². The summed E-state index contributed by atoms with van der Waals surface area (Å²) in [6.45, 7) is 0.907. The third-order valence-corrected chi connectivity index (χ3v) is 4.05. The van der Waals surface area contributed by atoms with Crippen molar-refractivity contribution in [1.82, 2.24) is 14.3 Å². The lowest BCUT2D eigenvalue weighted by atomic mass is 10.1. The quantitative estimate of drug-likeness (QED) is 0.569. The summed E-state index contributed by atoms with van der Waals surface area (Å²) in [6.07, 6.45) is 1.67. The first-order valence-electron chi connectivity index (χ1n) is 6.09. The van der Waals surface area contributed by atoms with Gasteiger partial charge in [0.2, 0.25) is 0 Å². The fourth-order valence-corrected chi connectivity index (χ4v) is 2.74. The maximum Gasteiger partial charge on any atom is 0.321 e. The number of piperidine rings is 1. The van der Waals surface area contributed by atoms with Crippen LogP contribution < -0.4 is 5.73 Å². The lowest BCUT2D eigenvalue weighted by Gasteiger charge is -2.42. The molecule has 1 aliphatic heterocycles.